The molecule has 5 nitrogen and oxygen atoms in total. The summed E-state index contributed by atoms with van der Waals surface area (Å²) in [6, 6.07) is 4.92. The molecular weight excluding hydrogens is 405 g/mol. The monoisotopic (exact) mass is 415 g/mol. The molecule has 0 radical (unpaired) electrons. The summed E-state index contributed by atoms with van der Waals surface area (Å²) in [5, 5.41) is 4.78. The minimum Gasteiger partial charge on any atom is -0.464 e. The van der Waals surface area contributed by atoms with Crippen molar-refractivity contribution in [2.24, 2.45) is 0 Å². The lowest BCUT2D eigenvalue weighted by Gasteiger charge is -2.07. The van der Waals surface area contributed by atoms with Gasteiger partial charge in [-0.25, -0.2) is 4.79 Å². The number of hydrogen-bond donors (Lipinski definition) is 1. The van der Waals surface area contributed by atoms with Crippen molar-refractivity contribution in [1.29, 1.82) is 0 Å². The normalized spacial score (nSPS) is 10.7. The molecule has 0 aliphatic rings. The molecule has 0 atom stereocenters. The van der Waals surface area contributed by atoms with Gasteiger partial charge in [0.05, 0.1) is 22.8 Å². The van der Waals surface area contributed by atoms with E-state index in [0.29, 0.717) is 20.7 Å². The maximum absolute atomic E-state index is 12.5. The molecule has 1 amide bonds. The summed E-state index contributed by atoms with van der Waals surface area (Å²) in [5.74, 6) is -0.483. The van der Waals surface area contributed by atoms with Crippen LogP contribution in [0.5, 0.6) is 0 Å². The van der Waals surface area contributed by atoms with Crippen molar-refractivity contribution in [2.45, 2.75) is 6.92 Å². The first-order valence-electron chi connectivity index (χ1n) is 7.10. The quantitative estimate of drug-likeness (QED) is 0.534. The first-order chi connectivity index (χ1) is 12.0. The molecule has 0 saturated heterocycles. The highest BCUT2D eigenvalue weighted by atomic mass is 35.5. The minimum atomic E-state index is -0.542. The van der Waals surface area contributed by atoms with E-state index in [1.807, 2.05) is 0 Å². The second-order valence-electron chi connectivity index (χ2n) is 4.74. The molecule has 9 heteroatoms. The van der Waals surface area contributed by atoms with E-state index in [-0.39, 0.29) is 22.1 Å². The van der Waals surface area contributed by atoms with E-state index in [2.05, 4.69) is 5.32 Å². The molecule has 130 valence electrons. The first kappa shape index (κ1) is 18.0. The summed E-state index contributed by atoms with van der Waals surface area (Å²) < 4.78 is 11.2. The molecule has 0 aliphatic carbocycles. The topological polar surface area (TPSA) is 68.5 Å². The average molecular weight is 416 g/mol. The summed E-state index contributed by atoms with van der Waals surface area (Å²) in [7, 11) is 0. The summed E-state index contributed by atoms with van der Waals surface area (Å²) in [6.07, 6.45) is 1.51. The largest absolute Gasteiger partial charge is 0.464 e. The van der Waals surface area contributed by atoms with Crippen molar-refractivity contribution in [3.05, 3.63) is 49.6 Å². The lowest BCUT2D eigenvalue weighted by molar-refractivity contribution is 0.0529. The standard InChI is InChI=1S/C16H11Cl2NO4S2/c1-2-22-16(21)12-9(10-4-3-5-23-10)7-24-15(12)19-14(20)8-6-11(17)25-13(8)18/h3-7H,2H2,1H3,(H,19,20). The molecule has 0 spiro atoms. The van der Waals surface area contributed by atoms with Gasteiger partial charge in [-0.2, -0.15) is 0 Å². The number of halogens is 2. The van der Waals surface area contributed by atoms with E-state index < -0.39 is 11.9 Å². The molecule has 3 aromatic rings. The van der Waals surface area contributed by atoms with Gasteiger partial charge in [-0.1, -0.05) is 23.2 Å². The highest BCUT2D eigenvalue weighted by Crippen LogP contribution is 2.38. The molecule has 3 rings (SSSR count). The molecule has 0 saturated carbocycles. The van der Waals surface area contributed by atoms with Gasteiger partial charge in [0.25, 0.3) is 5.91 Å². The van der Waals surface area contributed by atoms with E-state index in [9.17, 15) is 9.59 Å². The van der Waals surface area contributed by atoms with Crippen LogP contribution in [0, 0.1) is 0 Å². The molecule has 1 N–H and O–H groups in total. The van der Waals surface area contributed by atoms with Crippen LogP contribution in [0.25, 0.3) is 11.3 Å². The van der Waals surface area contributed by atoms with Crippen LogP contribution in [-0.4, -0.2) is 18.5 Å². The zero-order valence-electron chi connectivity index (χ0n) is 12.8. The highest BCUT2D eigenvalue weighted by molar-refractivity contribution is 7.20. The fourth-order valence-corrected chi connectivity index (χ4v) is 4.53. The second-order valence-corrected chi connectivity index (χ2v) is 7.91. The molecule has 0 aliphatic heterocycles. The lowest BCUT2D eigenvalue weighted by atomic mass is 10.1. The number of nitrogens with one attached hydrogen (secondary N) is 1. The van der Waals surface area contributed by atoms with Gasteiger partial charge < -0.3 is 14.5 Å². The number of furan rings is 1. The van der Waals surface area contributed by atoms with Gasteiger partial charge in [0.15, 0.2) is 0 Å². The lowest BCUT2D eigenvalue weighted by Crippen LogP contribution is -2.14. The Kier molecular flexibility index (Phi) is 5.48. The van der Waals surface area contributed by atoms with Crippen LogP contribution in [0.1, 0.15) is 27.6 Å². The number of amides is 1. The van der Waals surface area contributed by atoms with E-state index in [1.165, 1.54) is 23.7 Å². The molecule has 3 heterocycles. The number of thiophene rings is 2. The smallest absolute Gasteiger partial charge is 0.341 e. The molecule has 0 bridgehead atoms. The van der Waals surface area contributed by atoms with Crippen molar-refractivity contribution in [3.63, 3.8) is 0 Å². The van der Waals surface area contributed by atoms with E-state index >= 15 is 0 Å². The Labute approximate surface area is 161 Å². The molecule has 0 fully saturated rings. The van der Waals surface area contributed by atoms with Crippen LogP contribution in [0.4, 0.5) is 5.00 Å². The van der Waals surface area contributed by atoms with Gasteiger partial charge in [-0.3, -0.25) is 4.79 Å². The molecule has 0 aromatic carbocycles. The van der Waals surface area contributed by atoms with Crippen LogP contribution < -0.4 is 5.32 Å². The van der Waals surface area contributed by atoms with Crippen LogP contribution in [0.3, 0.4) is 0 Å². The summed E-state index contributed by atoms with van der Waals surface area (Å²) in [6.45, 7) is 1.92. The Bertz CT molecular complexity index is 915. The van der Waals surface area contributed by atoms with Crippen LogP contribution in [-0.2, 0) is 4.74 Å². The maximum atomic E-state index is 12.5. The number of rotatable bonds is 5. The van der Waals surface area contributed by atoms with E-state index in [0.717, 1.165) is 11.3 Å². The Morgan fingerprint density at radius 1 is 1.36 bits per heavy atom. The predicted molar refractivity (Wildman–Crippen MR) is 100 cm³/mol. The SMILES string of the molecule is CCOC(=O)c1c(-c2ccco2)csc1NC(=O)c1cc(Cl)sc1Cl. The zero-order valence-corrected chi connectivity index (χ0v) is 15.9. The van der Waals surface area contributed by atoms with Crippen molar-refractivity contribution in [3.8, 4) is 11.3 Å². The van der Waals surface area contributed by atoms with Gasteiger partial charge >= 0.3 is 5.97 Å². The Morgan fingerprint density at radius 2 is 2.16 bits per heavy atom. The average Bonchev–Trinajstić information content (AvgIpc) is 3.27. The summed E-state index contributed by atoms with van der Waals surface area (Å²) >= 11 is 14.2. The maximum Gasteiger partial charge on any atom is 0.341 e. The number of esters is 1. The number of ether oxygens (including phenoxy) is 1. The van der Waals surface area contributed by atoms with Crippen molar-refractivity contribution < 1.29 is 18.7 Å². The number of carbonyl (C=O) groups excluding carboxylic acids is 2. The zero-order chi connectivity index (χ0) is 18.0. The van der Waals surface area contributed by atoms with Gasteiger partial charge in [0.2, 0.25) is 0 Å². The van der Waals surface area contributed by atoms with Crippen molar-refractivity contribution in [1.82, 2.24) is 0 Å². The van der Waals surface area contributed by atoms with Gasteiger partial charge in [-0.05, 0) is 25.1 Å². The minimum absolute atomic E-state index is 0.214. The van der Waals surface area contributed by atoms with Gasteiger partial charge in [0.1, 0.15) is 20.7 Å². The third kappa shape index (κ3) is 3.74. The Hall–Kier alpha value is -1.80. The Morgan fingerprint density at radius 3 is 2.76 bits per heavy atom. The van der Waals surface area contributed by atoms with Gasteiger partial charge in [0, 0.05) is 10.9 Å². The second kappa shape index (κ2) is 7.61. The van der Waals surface area contributed by atoms with Crippen LogP contribution >= 0.6 is 45.9 Å². The molecule has 25 heavy (non-hydrogen) atoms. The number of anilines is 1. The third-order valence-electron chi connectivity index (χ3n) is 3.19. The molecule has 3 aromatic heterocycles. The highest BCUT2D eigenvalue weighted by Gasteiger charge is 2.25. The first-order valence-corrected chi connectivity index (χ1v) is 9.55. The van der Waals surface area contributed by atoms with E-state index in [1.54, 1.807) is 24.4 Å². The van der Waals surface area contributed by atoms with Crippen LogP contribution in [0.15, 0.2) is 34.3 Å². The summed E-state index contributed by atoms with van der Waals surface area (Å²) in [4.78, 5) is 24.8. The molecule has 0 unspecified atom stereocenters. The molecular formula is C16H11Cl2NO4S2. The van der Waals surface area contributed by atoms with Crippen LogP contribution in [0.2, 0.25) is 8.67 Å². The van der Waals surface area contributed by atoms with Crippen molar-refractivity contribution in [2.75, 3.05) is 11.9 Å². The van der Waals surface area contributed by atoms with Gasteiger partial charge in [-0.15, -0.1) is 22.7 Å². The number of hydrogen-bond acceptors (Lipinski definition) is 6. The van der Waals surface area contributed by atoms with Crippen molar-refractivity contribution >= 4 is 62.8 Å². The number of carbonyl (C=O) groups is 2. The fourth-order valence-electron chi connectivity index (χ4n) is 2.13. The summed E-state index contributed by atoms with van der Waals surface area (Å²) in [5.41, 5.74) is 1.05. The van der Waals surface area contributed by atoms with E-state index in [4.69, 9.17) is 32.4 Å². The third-order valence-corrected chi connectivity index (χ3v) is 5.57. The Balaban J connectivity index is 1.97. The fraction of sp³-hybridized carbons (Fsp3) is 0.125. The predicted octanol–water partition coefficient (Wildman–Crippen LogP) is 5.81.